The van der Waals surface area contributed by atoms with E-state index >= 15 is 0 Å². The number of hydrogen-bond acceptors (Lipinski definition) is 8. The third-order valence-electron chi connectivity index (χ3n) is 7.03. The van der Waals surface area contributed by atoms with E-state index in [0.29, 0.717) is 24.5 Å². The van der Waals surface area contributed by atoms with Crippen molar-refractivity contribution in [2.45, 2.75) is 26.4 Å². The molecule has 1 unspecified atom stereocenters. The fourth-order valence-corrected chi connectivity index (χ4v) is 5.26. The minimum Gasteiger partial charge on any atom is -0.495 e. The van der Waals surface area contributed by atoms with E-state index in [0.717, 1.165) is 59.6 Å². The summed E-state index contributed by atoms with van der Waals surface area (Å²) < 4.78 is 12.6. The van der Waals surface area contributed by atoms with E-state index in [-0.39, 0.29) is 5.56 Å². The van der Waals surface area contributed by atoms with Crippen LogP contribution in [0.25, 0.3) is 10.9 Å². The third kappa shape index (κ3) is 4.94. The van der Waals surface area contributed by atoms with Gasteiger partial charge in [-0.05, 0) is 59.5 Å². The van der Waals surface area contributed by atoms with Gasteiger partial charge in [0, 0.05) is 38.9 Å². The van der Waals surface area contributed by atoms with E-state index in [1.165, 1.54) is 0 Å². The first kappa shape index (κ1) is 24.9. The Hall–Kier alpha value is -3.76. The lowest BCUT2D eigenvalue weighted by Crippen LogP contribution is -2.49. The summed E-state index contributed by atoms with van der Waals surface area (Å²) in [6.45, 7) is 8.07. The van der Waals surface area contributed by atoms with E-state index in [4.69, 9.17) is 9.47 Å². The van der Waals surface area contributed by atoms with Crippen molar-refractivity contribution >= 4 is 16.6 Å². The topological polar surface area (TPSA) is 101 Å². The van der Waals surface area contributed by atoms with Gasteiger partial charge in [-0.1, -0.05) is 23.8 Å². The molecular formula is C27H33N7O3. The van der Waals surface area contributed by atoms with Crippen LogP contribution in [-0.2, 0) is 11.3 Å². The molecule has 0 saturated carbocycles. The van der Waals surface area contributed by atoms with E-state index < -0.39 is 6.04 Å². The molecule has 194 valence electrons. The van der Waals surface area contributed by atoms with Crippen LogP contribution in [0.3, 0.4) is 0 Å². The van der Waals surface area contributed by atoms with Crippen molar-refractivity contribution in [3.8, 4) is 5.75 Å². The van der Waals surface area contributed by atoms with Crippen molar-refractivity contribution in [3.63, 3.8) is 0 Å². The number of aryl methyl sites for hydroxylation is 2. The summed E-state index contributed by atoms with van der Waals surface area (Å²) in [5.74, 6) is 1.49. The zero-order valence-corrected chi connectivity index (χ0v) is 21.8. The Bertz CT molecular complexity index is 1440. The number of para-hydroxylation sites is 2. The Labute approximate surface area is 215 Å². The lowest BCUT2D eigenvalue weighted by atomic mass is 10.00. The first-order chi connectivity index (χ1) is 18.0. The Morgan fingerprint density at radius 3 is 2.59 bits per heavy atom. The number of nitrogens with zero attached hydrogens (tertiary/aromatic N) is 6. The molecule has 0 amide bonds. The molecular weight excluding hydrogens is 470 g/mol. The number of pyridine rings is 1. The second kappa shape index (κ2) is 10.7. The van der Waals surface area contributed by atoms with Gasteiger partial charge in [-0.15, -0.1) is 5.10 Å². The molecule has 0 radical (unpaired) electrons. The first-order valence-electron chi connectivity index (χ1n) is 12.5. The molecule has 1 fully saturated rings. The number of hydrogen-bond donors (Lipinski definition) is 1. The average molecular weight is 504 g/mol. The van der Waals surface area contributed by atoms with Gasteiger partial charge in [0.25, 0.3) is 5.56 Å². The summed E-state index contributed by atoms with van der Waals surface area (Å²) in [7, 11) is 3.34. The molecule has 2 aromatic heterocycles. The van der Waals surface area contributed by atoms with Crippen molar-refractivity contribution < 1.29 is 9.47 Å². The smallest absolute Gasteiger partial charge is 0.253 e. The van der Waals surface area contributed by atoms with Crippen LogP contribution in [0, 0.1) is 13.8 Å². The number of aromatic nitrogens is 5. The average Bonchev–Trinajstić information content (AvgIpc) is 3.37. The van der Waals surface area contributed by atoms with Crippen molar-refractivity contribution in [1.29, 1.82) is 0 Å². The lowest BCUT2D eigenvalue weighted by Gasteiger charge is -2.40. The normalized spacial score (nSPS) is 15.3. The quantitative estimate of drug-likeness (QED) is 0.392. The summed E-state index contributed by atoms with van der Waals surface area (Å²) >= 11 is 0. The number of H-pyrrole nitrogens is 1. The molecule has 1 saturated heterocycles. The fraction of sp³-hybridized carbons (Fsp3) is 0.407. The molecule has 1 N–H and O–H groups in total. The highest BCUT2D eigenvalue weighted by molar-refractivity contribution is 5.83. The maximum Gasteiger partial charge on any atom is 0.253 e. The minimum atomic E-state index is -0.402. The summed E-state index contributed by atoms with van der Waals surface area (Å²) in [6, 6.07) is 13.8. The van der Waals surface area contributed by atoms with Crippen LogP contribution in [0.4, 0.5) is 5.69 Å². The van der Waals surface area contributed by atoms with Crippen molar-refractivity contribution in [3.05, 3.63) is 75.3 Å². The SMILES string of the molecule is COCCn1nnnc1C(c1cc2cc(C)cc(C)c2[nH]c1=O)N1CCN(c2ccccc2OC)CC1. The molecule has 1 aliphatic heterocycles. The van der Waals surface area contributed by atoms with Gasteiger partial charge in [-0.2, -0.15) is 0 Å². The molecule has 5 rings (SSSR count). The standard InChI is InChI=1S/C27H33N7O3/c1-18-15-19(2)24-20(16-18)17-21(27(35)28-24)25(26-29-30-31-34(26)13-14-36-3)33-11-9-32(10-12-33)22-7-5-6-8-23(22)37-4/h5-8,15-17,25H,9-14H2,1-4H3,(H,28,35). The summed E-state index contributed by atoms with van der Waals surface area (Å²) in [4.78, 5) is 21.3. The highest BCUT2D eigenvalue weighted by atomic mass is 16.5. The van der Waals surface area contributed by atoms with Crippen LogP contribution >= 0.6 is 0 Å². The van der Waals surface area contributed by atoms with Gasteiger partial charge in [0.2, 0.25) is 0 Å². The first-order valence-corrected chi connectivity index (χ1v) is 12.5. The summed E-state index contributed by atoms with van der Waals surface area (Å²) in [6.07, 6.45) is 0. The Balaban J connectivity index is 1.54. The highest BCUT2D eigenvalue weighted by Crippen LogP contribution is 2.32. The van der Waals surface area contributed by atoms with Gasteiger partial charge in [-0.3, -0.25) is 9.69 Å². The number of anilines is 1. The Kier molecular flexibility index (Phi) is 7.20. The molecule has 2 aromatic carbocycles. The van der Waals surface area contributed by atoms with Gasteiger partial charge >= 0.3 is 0 Å². The second-order valence-corrected chi connectivity index (χ2v) is 9.45. The zero-order valence-electron chi connectivity index (χ0n) is 21.8. The number of ether oxygens (including phenoxy) is 2. The number of aromatic amines is 1. The molecule has 0 aliphatic carbocycles. The maximum atomic E-state index is 13.5. The van der Waals surface area contributed by atoms with Crippen molar-refractivity contribution in [1.82, 2.24) is 30.1 Å². The maximum absolute atomic E-state index is 13.5. The van der Waals surface area contributed by atoms with E-state index in [9.17, 15) is 4.79 Å². The fourth-order valence-electron chi connectivity index (χ4n) is 5.26. The number of fused-ring (bicyclic) bond motifs is 1. The number of piperazine rings is 1. The predicted molar refractivity (Wildman–Crippen MR) is 142 cm³/mol. The van der Waals surface area contributed by atoms with Gasteiger partial charge in [0.05, 0.1) is 31.5 Å². The number of benzene rings is 2. The van der Waals surface area contributed by atoms with Crippen LogP contribution in [-0.4, -0.2) is 77.1 Å². The Morgan fingerprint density at radius 1 is 1.05 bits per heavy atom. The molecule has 3 heterocycles. The van der Waals surface area contributed by atoms with Gasteiger partial charge in [0.15, 0.2) is 5.82 Å². The number of rotatable bonds is 8. The van der Waals surface area contributed by atoms with E-state index in [1.807, 2.05) is 31.2 Å². The van der Waals surface area contributed by atoms with Crippen molar-refractivity contribution in [2.24, 2.45) is 0 Å². The number of nitrogens with one attached hydrogen (secondary N) is 1. The van der Waals surface area contributed by atoms with Crippen LogP contribution < -0.4 is 15.2 Å². The number of methoxy groups -OCH3 is 2. The zero-order chi connectivity index (χ0) is 25.9. The largest absolute Gasteiger partial charge is 0.495 e. The monoisotopic (exact) mass is 503 g/mol. The minimum absolute atomic E-state index is 0.127. The number of tetrazole rings is 1. The van der Waals surface area contributed by atoms with Crippen LogP contribution in [0.15, 0.2) is 47.3 Å². The van der Waals surface area contributed by atoms with E-state index in [1.54, 1.807) is 18.9 Å². The summed E-state index contributed by atoms with van der Waals surface area (Å²) in [5.41, 5.74) is 4.63. The van der Waals surface area contributed by atoms with Gasteiger partial charge < -0.3 is 19.4 Å². The van der Waals surface area contributed by atoms with Crippen LogP contribution in [0.5, 0.6) is 5.75 Å². The second-order valence-electron chi connectivity index (χ2n) is 9.45. The highest BCUT2D eigenvalue weighted by Gasteiger charge is 2.33. The van der Waals surface area contributed by atoms with Crippen LogP contribution in [0.2, 0.25) is 0 Å². The molecule has 0 bridgehead atoms. The van der Waals surface area contributed by atoms with Crippen LogP contribution in [0.1, 0.15) is 28.6 Å². The molecule has 4 aromatic rings. The molecule has 1 aliphatic rings. The summed E-state index contributed by atoms with van der Waals surface area (Å²) in [5, 5.41) is 13.6. The third-order valence-corrected chi connectivity index (χ3v) is 7.03. The molecule has 0 spiro atoms. The molecule has 1 atom stereocenters. The van der Waals surface area contributed by atoms with Gasteiger partial charge in [0.1, 0.15) is 11.8 Å². The van der Waals surface area contributed by atoms with Crippen molar-refractivity contribution in [2.75, 3.05) is 51.9 Å². The molecule has 10 nitrogen and oxygen atoms in total. The van der Waals surface area contributed by atoms with E-state index in [2.05, 4.69) is 55.4 Å². The predicted octanol–water partition coefficient (Wildman–Crippen LogP) is 2.70. The lowest BCUT2D eigenvalue weighted by molar-refractivity contribution is 0.171. The Morgan fingerprint density at radius 2 is 1.84 bits per heavy atom. The van der Waals surface area contributed by atoms with Gasteiger partial charge in [-0.25, -0.2) is 4.68 Å². The molecule has 10 heteroatoms. The molecule has 37 heavy (non-hydrogen) atoms.